The van der Waals surface area contributed by atoms with E-state index in [9.17, 15) is 9.59 Å². The lowest BCUT2D eigenvalue weighted by molar-refractivity contribution is -0.109. The molecule has 2 heterocycles. The van der Waals surface area contributed by atoms with Crippen LogP contribution in [0.2, 0.25) is 0 Å². The number of allylic oxidation sites excluding steroid dienone is 4. The standard InChI is InChI=1S/C21H18N2O2S.ClH/c1-11-9-16(24)17(14-5-3-13(4-6-14)12(2)10-22)18-15-7-8-26-20(15)21(25)23-19(11)18;/h3-9,12H,10,22H2,1-2H3;1H. The summed E-state index contributed by atoms with van der Waals surface area (Å²) >= 11 is 1.36. The molecule has 0 radical (unpaired) electrons. The number of ketones is 1. The van der Waals surface area contributed by atoms with Crippen LogP contribution in [-0.2, 0) is 4.79 Å². The summed E-state index contributed by atoms with van der Waals surface area (Å²) in [6.45, 7) is 4.47. The van der Waals surface area contributed by atoms with Crippen LogP contribution in [-0.4, -0.2) is 23.9 Å². The van der Waals surface area contributed by atoms with Crippen molar-refractivity contribution in [3.63, 3.8) is 0 Å². The first-order valence-electron chi connectivity index (χ1n) is 8.50. The average Bonchev–Trinajstić information content (AvgIpc) is 3.13. The van der Waals surface area contributed by atoms with E-state index in [-0.39, 0.29) is 30.0 Å². The minimum atomic E-state index is -0.234. The molecule has 1 amide bonds. The maximum atomic E-state index is 12.9. The Hall–Kier alpha value is -2.34. The van der Waals surface area contributed by atoms with Gasteiger partial charge in [0.05, 0.1) is 5.71 Å². The summed E-state index contributed by atoms with van der Waals surface area (Å²) in [6.07, 6.45) is 1.57. The van der Waals surface area contributed by atoms with Crippen molar-refractivity contribution in [2.45, 2.75) is 19.8 Å². The lowest BCUT2D eigenvalue weighted by Crippen LogP contribution is -2.22. The number of nitrogens with two attached hydrogens (primary N) is 1. The van der Waals surface area contributed by atoms with Gasteiger partial charge in [0.25, 0.3) is 5.91 Å². The van der Waals surface area contributed by atoms with Gasteiger partial charge < -0.3 is 5.73 Å². The van der Waals surface area contributed by atoms with Gasteiger partial charge in [-0.2, -0.15) is 0 Å². The molecule has 1 aliphatic carbocycles. The van der Waals surface area contributed by atoms with Crippen molar-refractivity contribution in [2.24, 2.45) is 10.7 Å². The van der Waals surface area contributed by atoms with Gasteiger partial charge in [-0.15, -0.1) is 23.7 Å². The Kier molecular flexibility index (Phi) is 5.29. The quantitative estimate of drug-likeness (QED) is 0.785. The lowest BCUT2D eigenvalue weighted by atomic mass is 9.81. The Morgan fingerprint density at radius 3 is 2.48 bits per heavy atom. The van der Waals surface area contributed by atoms with E-state index in [2.05, 4.69) is 11.9 Å². The van der Waals surface area contributed by atoms with Gasteiger partial charge in [-0.25, -0.2) is 4.99 Å². The van der Waals surface area contributed by atoms with Gasteiger partial charge in [0.15, 0.2) is 5.78 Å². The fourth-order valence-corrected chi connectivity index (χ4v) is 4.19. The van der Waals surface area contributed by atoms with Crippen LogP contribution in [0.3, 0.4) is 0 Å². The van der Waals surface area contributed by atoms with Crippen molar-refractivity contribution in [3.8, 4) is 0 Å². The predicted molar refractivity (Wildman–Crippen MR) is 113 cm³/mol. The summed E-state index contributed by atoms with van der Waals surface area (Å²) in [6, 6.07) is 9.84. The average molecular weight is 399 g/mol. The van der Waals surface area contributed by atoms with E-state index >= 15 is 0 Å². The monoisotopic (exact) mass is 398 g/mol. The molecule has 0 saturated heterocycles. The highest BCUT2D eigenvalue weighted by Crippen LogP contribution is 2.40. The van der Waals surface area contributed by atoms with Crippen LogP contribution in [0.4, 0.5) is 0 Å². The molecular formula is C21H19ClN2O2S. The minimum absolute atomic E-state index is 0. The molecule has 2 aliphatic rings. The normalized spacial score (nSPS) is 16.9. The van der Waals surface area contributed by atoms with Crippen molar-refractivity contribution < 1.29 is 9.59 Å². The van der Waals surface area contributed by atoms with Crippen LogP contribution in [0, 0.1) is 0 Å². The van der Waals surface area contributed by atoms with Gasteiger partial charge in [0, 0.05) is 16.7 Å². The van der Waals surface area contributed by atoms with E-state index < -0.39 is 0 Å². The summed E-state index contributed by atoms with van der Waals surface area (Å²) in [7, 11) is 0. The van der Waals surface area contributed by atoms with E-state index in [4.69, 9.17) is 5.73 Å². The Balaban J connectivity index is 0.00000210. The first kappa shape index (κ1) is 19.4. The number of thiophene rings is 1. The number of hydrogen-bond acceptors (Lipinski definition) is 4. The Bertz CT molecular complexity index is 1030. The molecule has 1 unspecified atom stereocenters. The molecule has 0 fully saturated rings. The number of amides is 1. The molecule has 1 aliphatic heterocycles. The molecule has 0 saturated carbocycles. The first-order chi connectivity index (χ1) is 12.5. The number of fused-ring (bicyclic) bond motifs is 3. The molecule has 0 spiro atoms. The van der Waals surface area contributed by atoms with Crippen LogP contribution >= 0.6 is 23.7 Å². The molecule has 4 nitrogen and oxygen atoms in total. The van der Waals surface area contributed by atoms with Crippen molar-refractivity contribution in [2.75, 3.05) is 6.54 Å². The number of aliphatic imine (C=N–C) groups is 1. The van der Waals surface area contributed by atoms with E-state index in [0.717, 1.165) is 27.8 Å². The molecule has 2 aromatic rings. The van der Waals surface area contributed by atoms with Crippen LogP contribution in [0.15, 0.2) is 52.4 Å². The third kappa shape index (κ3) is 3.12. The number of rotatable bonds is 3. The predicted octanol–water partition coefficient (Wildman–Crippen LogP) is 4.27. The van der Waals surface area contributed by atoms with Gasteiger partial charge in [-0.3, -0.25) is 9.59 Å². The second kappa shape index (κ2) is 7.35. The zero-order valence-electron chi connectivity index (χ0n) is 15.0. The zero-order valence-corrected chi connectivity index (χ0v) is 16.6. The number of halogens is 1. The summed E-state index contributed by atoms with van der Waals surface area (Å²) in [4.78, 5) is 30.0. The van der Waals surface area contributed by atoms with Crippen LogP contribution < -0.4 is 5.73 Å². The summed E-state index contributed by atoms with van der Waals surface area (Å²) < 4.78 is 0. The van der Waals surface area contributed by atoms with Gasteiger partial charge in [-0.05, 0) is 53.6 Å². The fraction of sp³-hybridized carbons (Fsp3) is 0.190. The summed E-state index contributed by atoms with van der Waals surface area (Å²) in [5.41, 5.74) is 11.2. The molecule has 1 aromatic carbocycles. The molecule has 4 rings (SSSR count). The zero-order chi connectivity index (χ0) is 18.4. The lowest BCUT2D eigenvalue weighted by Gasteiger charge is -2.24. The maximum absolute atomic E-state index is 12.9. The van der Waals surface area contributed by atoms with E-state index in [0.29, 0.717) is 22.7 Å². The number of hydrogen-bond donors (Lipinski definition) is 1. The number of benzene rings is 1. The van der Waals surface area contributed by atoms with Gasteiger partial charge in [0.2, 0.25) is 0 Å². The number of nitrogens with zero attached hydrogens (tertiary/aromatic N) is 1. The van der Waals surface area contributed by atoms with E-state index in [1.54, 1.807) is 6.08 Å². The van der Waals surface area contributed by atoms with Gasteiger partial charge in [0.1, 0.15) is 4.88 Å². The third-order valence-electron chi connectivity index (χ3n) is 4.92. The fourth-order valence-electron chi connectivity index (χ4n) is 3.41. The Morgan fingerprint density at radius 1 is 1.11 bits per heavy atom. The third-order valence-corrected chi connectivity index (χ3v) is 5.82. The number of carbonyl (C=O) groups excluding carboxylic acids is 2. The highest BCUT2D eigenvalue weighted by molar-refractivity contribution is 7.12. The topological polar surface area (TPSA) is 72.5 Å². The molecule has 1 aromatic heterocycles. The summed E-state index contributed by atoms with van der Waals surface area (Å²) in [5, 5.41) is 1.87. The highest BCUT2D eigenvalue weighted by atomic mass is 35.5. The smallest absolute Gasteiger partial charge is 0.288 e. The molecular weight excluding hydrogens is 380 g/mol. The van der Waals surface area contributed by atoms with E-state index in [1.807, 2.05) is 42.6 Å². The first-order valence-corrected chi connectivity index (χ1v) is 9.38. The molecule has 6 heteroatoms. The second-order valence-electron chi connectivity index (χ2n) is 6.63. The molecule has 27 heavy (non-hydrogen) atoms. The Labute approximate surface area is 167 Å². The maximum Gasteiger partial charge on any atom is 0.288 e. The van der Waals surface area contributed by atoms with Crippen molar-refractivity contribution in [3.05, 3.63) is 68.9 Å². The van der Waals surface area contributed by atoms with Crippen molar-refractivity contribution >= 4 is 52.3 Å². The van der Waals surface area contributed by atoms with E-state index in [1.165, 1.54) is 11.3 Å². The Morgan fingerprint density at radius 2 is 1.81 bits per heavy atom. The van der Waals surface area contributed by atoms with Crippen molar-refractivity contribution in [1.82, 2.24) is 0 Å². The largest absolute Gasteiger partial charge is 0.330 e. The SMILES string of the molecule is CC1=CC(=O)C(c2ccc(C(C)CN)cc2)=C2C1=NC(=O)c1sccc12.Cl. The van der Waals surface area contributed by atoms with Crippen LogP contribution in [0.25, 0.3) is 11.1 Å². The molecule has 138 valence electrons. The minimum Gasteiger partial charge on any atom is -0.330 e. The number of carbonyl (C=O) groups is 2. The van der Waals surface area contributed by atoms with Crippen LogP contribution in [0.5, 0.6) is 0 Å². The summed E-state index contributed by atoms with van der Waals surface area (Å²) in [5.74, 6) is -0.0244. The van der Waals surface area contributed by atoms with Gasteiger partial charge in [-0.1, -0.05) is 31.2 Å². The molecule has 0 bridgehead atoms. The van der Waals surface area contributed by atoms with Crippen LogP contribution in [0.1, 0.15) is 46.1 Å². The molecule has 2 N–H and O–H groups in total. The van der Waals surface area contributed by atoms with Crippen molar-refractivity contribution in [1.29, 1.82) is 0 Å². The second-order valence-corrected chi connectivity index (χ2v) is 7.55. The highest BCUT2D eigenvalue weighted by Gasteiger charge is 2.33. The molecule has 1 atom stereocenters. The van der Waals surface area contributed by atoms with Gasteiger partial charge >= 0.3 is 0 Å².